The van der Waals surface area contributed by atoms with Crippen LogP contribution in [0.15, 0.2) is 24.4 Å². The monoisotopic (exact) mass is 493 g/mol. The minimum atomic E-state index is -3.01. The van der Waals surface area contributed by atoms with Gasteiger partial charge in [-0.1, -0.05) is 0 Å². The van der Waals surface area contributed by atoms with Crippen molar-refractivity contribution in [3.8, 4) is 11.5 Å². The molecule has 1 aromatic carbocycles. The average molecular weight is 494 g/mol. The molecule has 0 saturated carbocycles. The summed E-state index contributed by atoms with van der Waals surface area (Å²) in [4.78, 5) is 10.9. The Kier molecular flexibility index (Phi) is 6.63. The van der Waals surface area contributed by atoms with E-state index in [2.05, 4.69) is 44.1 Å². The summed E-state index contributed by atoms with van der Waals surface area (Å²) < 4.78 is 55.7. The van der Waals surface area contributed by atoms with Gasteiger partial charge in [-0.3, -0.25) is 4.90 Å². The molecule has 3 saturated heterocycles. The van der Waals surface area contributed by atoms with Gasteiger partial charge in [0.1, 0.15) is 6.10 Å². The van der Waals surface area contributed by atoms with E-state index in [0.717, 1.165) is 38.4 Å². The summed E-state index contributed by atoms with van der Waals surface area (Å²) in [7, 11) is 0. The summed E-state index contributed by atoms with van der Waals surface area (Å²) in [5, 5.41) is 6.18. The highest BCUT2D eigenvalue weighted by Gasteiger charge is 2.42. The first-order chi connectivity index (χ1) is 16.8. The van der Waals surface area contributed by atoms with Gasteiger partial charge >= 0.3 is 6.61 Å². The molecule has 0 amide bonds. The lowest BCUT2D eigenvalue weighted by Crippen LogP contribution is -2.50. The molecule has 2 N–H and O–H groups in total. The van der Waals surface area contributed by atoms with Crippen LogP contribution >= 0.6 is 0 Å². The number of hydrogen-bond donors (Lipinski definition) is 2. The fourth-order valence-corrected chi connectivity index (χ4v) is 5.10. The molecule has 0 spiro atoms. The van der Waals surface area contributed by atoms with Crippen molar-refractivity contribution in [3.05, 3.63) is 30.2 Å². The summed E-state index contributed by atoms with van der Waals surface area (Å²) in [6, 6.07) is 5.13. The number of rotatable bonds is 8. The molecule has 11 heteroatoms. The van der Waals surface area contributed by atoms with Gasteiger partial charge in [0.05, 0.1) is 19.4 Å². The summed E-state index contributed by atoms with van der Waals surface area (Å²) in [5.41, 5.74) is 0.614. The van der Waals surface area contributed by atoms with Crippen molar-refractivity contribution >= 4 is 17.5 Å². The molecule has 2 aromatic rings. The van der Waals surface area contributed by atoms with E-state index in [0.29, 0.717) is 24.9 Å². The van der Waals surface area contributed by atoms with Crippen molar-refractivity contribution in [3.63, 3.8) is 0 Å². The second kappa shape index (κ2) is 9.69. The van der Waals surface area contributed by atoms with E-state index >= 15 is 0 Å². The van der Waals surface area contributed by atoms with Gasteiger partial charge in [0.2, 0.25) is 5.95 Å². The Balaban J connectivity index is 1.27. The van der Waals surface area contributed by atoms with Gasteiger partial charge in [0.15, 0.2) is 23.1 Å². The number of nitrogens with one attached hydrogen (secondary N) is 2. The molecule has 2 atom stereocenters. The topological polar surface area (TPSA) is 80.8 Å². The van der Waals surface area contributed by atoms with Gasteiger partial charge in [-0.25, -0.2) is 9.37 Å². The van der Waals surface area contributed by atoms with Crippen molar-refractivity contribution in [1.29, 1.82) is 0 Å². The third-order valence-corrected chi connectivity index (χ3v) is 6.98. The molecule has 8 nitrogen and oxygen atoms in total. The third-order valence-electron chi connectivity index (χ3n) is 6.98. The Morgan fingerprint density at radius 3 is 2.77 bits per heavy atom. The molecule has 3 aliphatic heterocycles. The van der Waals surface area contributed by atoms with Crippen molar-refractivity contribution in [2.75, 3.05) is 30.4 Å². The fourth-order valence-electron chi connectivity index (χ4n) is 5.10. The number of ether oxygens (including phenoxy) is 3. The second-order valence-electron chi connectivity index (χ2n) is 9.90. The molecule has 3 fully saturated rings. The third kappa shape index (κ3) is 5.40. The SMILES string of the molecule is CC1(C)CCC2CC(Nc3nc(Nc4ccc(OC5COC5)c(OC(F)F)c4)ncc3F)CCN21. The van der Waals surface area contributed by atoms with Crippen LogP contribution in [0.5, 0.6) is 11.5 Å². The lowest BCUT2D eigenvalue weighted by molar-refractivity contribution is -0.0852. The molecular weight excluding hydrogens is 463 g/mol. The molecule has 0 radical (unpaired) electrons. The van der Waals surface area contributed by atoms with Crippen LogP contribution in [0, 0.1) is 5.82 Å². The predicted octanol–water partition coefficient (Wildman–Crippen LogP) is 4.56. The molecule has 0 bridgehead atoms. The normalized spacial score (nSPS) is 24.1. The Morgan fingerprint density at radius 2 is 2.03 bits per heavy atom. The van der Waals surface area contributed by atoms with Crippen molar-refractivity contribution in [2.45, 2.75) is 69.9 Å². The van der Waals surface area contributed by atoms with Crippen LogP contribution in [0.2, 0.25) is 0 Å². The van der Waals surface area contributed by atoms with Crippen LogP contribution < -0.4 is 20.1 Å². The van der Waals surface area contributed by atoms with Crippen LogP contribution in [0.25, 0.3) is 0 Å². The Bertz CT molecular complexity index is 1050. The fraction of sp³-hybridized carbons (Fsp3) is 0.583. The van der Waals surface area contributed by atoms with Crippen molar-refractivity contribution < 1.29 is 27.4 Å². The zero-order valence-corrected chi connectivity index (χ0v) is 19.8. The maximum atomic E-state index is 14.5. The maximum Gasteiger partial charge on any atom is 0.387 e. The first-order valence-corrected chi connectivity index (χ1v) is 11.9. The highest BCUT2D eigenvalue weighted by Crippen LogP contribution is 2.39. The largest absolute Gasteiger partial charge is 0.482 e. The van der Waals surface area contributed by atoms with Gasteiger partial charge in [-0.15, -0.1) is 0 Å². The molecule has 2 unspecified atom stereocenters. The highest BCUT2D eigenvalue weighted by molar-refractivity contribution is 5.60. The second-order valence-corrected chi connectivity index (χ2v) is 9.90. The Labute approximate surface area is 202 Å². The van der Waals surface area contributed by atoms with Crippen LogP contribution in [0.4, 0.5) is 30.6 Å². The van der Waals surface area contributed by atoms with Gasteiger partial charge in [0, 0.05) is 35.9 Å². The minimum absolute atomic E-state index is 0.111. The van der Waals surface area contributed by atoms with Crippen LogP contribution in [0.1, 0.15) is 39.5 Å². The van der Waals surface area contributed by atoms with Crippen molar-refractivity contribution in [1.82, 2.24) is 14.9 Å². The number of benzene rings is 1. The lowest BCUT2D eigenvalue weighted by Gasteiger charge is -2.42. The number of fused-ring (bicyclic) bond motifs is 1. The first kappa shape index (κ1) is 23.9. The van der Waals surface area contributed by atoms with E-state index in [1.165, 1.54) is 12.1 Å². The minimum Gasteiger partial charge on any atom is -0.482 e. The number of alkyl halides is 2. The Morgan fingerprint density at radius 1 is 1.20 bits per heavy atom. The zero-order valence-electron chi connectivity index (χ0n) is 19.8. The average Bonchev–Trinajstić information content (AvgIpc) is 3.08. The highest BCUT2D eigenvalue weighted by atomic mass is 19.3. The molecule has 1 aromatic heterocycles. The zero-order chi connectivity index (χ0) is 24.6. The number of hydrogen-bond acceptors (Lipinski definition) is 8. The van der Waals surface area contributed by atoms with Crippen LogP contribution in [-0.2, 0) is 4.74 Å². The summed E-state index contributed by atoms with van der Waals surface area (Å²) in [6.45, 7) is 3.29. The predicted molar refractivity (Wildman–Crippen MR) is 124 cm³/mol. The number of piperidine rings is 1. The number of aromatic nitrogens is 2. The van der Waals surface area contributed by atoms with Gasteiger partial charge in [-0.2, -0.15) is 13.8 Å². The van der Waals surface area contributed by atoms with Crippen molar-refractivity contribution in [2.24, 2.45) is 0 Å². The smallest absolute Gasteiger partial charge is 0.387 e. The van der Waals surface area contributed by atoms with E-state index < -0.39 is 12.4 Å². The van der Waals surface area contributed by atoms with E-state index in [4.69, 9.17) is 9.47 Å². The maximum absolute atomic E-state index is 14.5. The lowest BCUT2D eigenvalue weighted by atomic mass is 9.97. The molecule has 0 aliphatic carbocycles. The van der Waals surface area contributed by atoms with Gasteiger partial charge < -0.3 is 24.8 Å². The van der Waals surface area contributed by atoms with E-state index in [1.807, 2.05) is 0 Å². The van der Waals surface area contributed by atoms with Crippen LogP contribution in [0.3, 0.4) is 0 Å². The van der Waals surface area contributed by atoms with E-state index in [1.54, 1.807) is 6.07 Å². The molecule has 35 heavy (non-hydrogen) atoms. The van der Waals surface area contributed by atoms with E-state index in [9.17, 15) is 13.2 Å². The molecule has 3 aliphatic rings. The summed E-state index contributed by atoms with van der Waals surface area (Å²) in [5.74, 6) is -0.223. The quantitative estimate of drug-likeness (QED) is 0.554. The summed E-state index contributed by atoms with van der Waals surface area (Å²) >= 11 is 0. The standard InChI is InChI=1S/C24H30F3N5O3/c1-24(2)7-5-16-9-15(6-8-32(16)24)29-21-18(25)11-28-23(31-21)30-14-3-4-19(34-17-12-33-13-17)20(10-14)35-22(26)27/h3-4,10-11,15-17,22H,5-9,12-13H2,1-2H3,(H2,28,29,30,31). The number of nitrogens with zero attached hydrogens (tertiary/aromatic N) is 3. The summed E-state index contributed by atoms with van der Waals surface area (Å²) in [6.07, 6.45) is 5.02. The first-order valence-electron chi connectivity index (χ1n) is 11.9. The van der Waals surface area contributed by atoms with Gasteiger partial charge in [-0.05, 0) is 51.7 Å². The number of anilines is 3. The molecule has 4 heterocycles. The Hall–Kier alpha value is -2.79. The van der Waals surface area contributed by atoms with Gasteiger partial charge in [0.25, 0.3) is 0 Å². The van der Waals surface area contributed by atoms with Crippen LogP contribution in [-0.4, -0.2) is 65.0 Å². The number of halogens is 3. The molecule has 5 rings (SSSR count). The molecular formula is C24H30F3N5O3. The van der Waals surface area contributed by atoms with E-state index in [-0.39, 0.29) is 40.9 Å². The molecule has 190 valence electrons.